The van der Waals surface area contributed by atoms with Crippen LogP contribution in [-0.2, 0) is 6.42 Å². The van der Waals surface area contributed by atoms with E-state index >= 15 is 0 Å². The van der Waals surface area contributed by atoms with E-state index in [1.54, 1.807) is 0 Å². The molecule has 0 bridgehead atoms. The van der Waals surface area contributed by atoms with Gasteiger partial charge in [0.05, 0.1) is 5.69 Å². The van der Waals surface area contributed by atoms with Gasteiger partial charge in [0.15, 0.2) is 5.78 Å². The summed E-state index contributed by atoms with van der Waals surface area (Å²) in [5.41, 5.74) is 4.47. The fourth-order valence-electron chi connectivity index (χ4n) is 2.94. The summed E-state index contributed by atoms with van der Waals surface area (Å²) in [5.74, 6) is 0.180. The van der Waals surface area contributed by atoms with Gasteiger partial charge in [0, 0.05) is 35.3 Å². The number of aromatic nitrogens is 3. The molecule has 0 saturated heterocycles. The number of hydrogen-bond acceptors (Lipinski definition) is 3. The number of nitrogens with one attached hydrogen (secondary N) is 1. The number of aryl methyl sites for hydroxylation is 1. The van der Waals surface area contributed by atoms with Crippen LogP contribution >= 0.6 is 0 Å². The summed E-state index contributed by atoms with van der Waals surface area (Å²) in [6.07, 6.45) is 4.61. The van der Waals surface area contributed by atoms with E-state index in [2.05, 4.69) is 15.0 Å². The van der Waals surface area contributed by atoms with Crippen molar-refractivity contribution >= 4 is 16.7 Å². The van der Waals surface area contributed by atoms with E-state index in [1.807, 2.05) is 18.2 Å². The van der Waals surface area contributed by atoms with Gasteiger partial charge in [0.25, 0.3) is 0 Å². The molecule has 0 radical (unpaired) electrons. The first-order valence-electron chi connectivity index (χ1n) is 6.88. The number of rotatable bonds is 1. The molecule has 0 amide bonds. The fourth-order valence-corrected chi connectivity index (χ4v) is 2.94. The summed E-state index contributed by atoms with van der Waals surface area (Å²) in [7, 11) is 0. The average molecular weight is 281 g/mol. The lowest BCUT2D eigenvalue weighted by atomic mass is 9.94. The molecule has 21 heavy (non-hydrogen) atoms. The number of nitrogens with zero attached hydrogens (tertiary/aromatic N) is 2. The lowest BCUT2D eigenvalue weighted by Gasteiger charge is -2.09. The molecule has 1 aliphatic carbocycles. The summed E-state index contributed by atoms with van der Waals surface area (Å²) in [5, 5.41) is 1.06. The number of hydrogen-bond donors (Lipinski definition) is 1. The topological polar surface area (TPSA) is 58.6 Å². The maximum absolute atomic E-state index is 12.8. The van der Waals surface area contributed by atoms with Crippen molar-refractivity contribution in [3.8, 4) is 11.1 Å². The van der Waals surface area contributed by atoms with E-state index in [4.69, 9.17) is 0 Å². The van der Waals surface area contributed by atoms with Crippen LogP contribution in [0.1, 0.15) is 28.9 Å². The lowest BCUT2D eigenvalue weighted by Crippen LogP contribution is -2.09. The summed E-state index contributed by atoms with van der Waals surface area (Å²) in [6.45, 7) is 0. The van der Waals surface area contributed by atoms with Crippen LogP contribution in [0.3, 0.4) is 0 Å². The Morgan fingerprint density at radius 2 is 1.90 bits per heavy atom. The first-order valence-corrected chi connectivity index (χ1v) is 6.88. The summed E-state index contributed by atoms with van der Waals surface area (Å²) in [4.78, 5) is 22.3. The molecule has 3 aromatic rings. The Kier molecular flexibility index (Phi) is 2.60. The quantitative estimate of drug-likeness (QED) is 0.696. The van der Waals surface area contributed by atoms with E-state index < -0.39 is 6.08 Å². The minimum absolute atomic E-state index is 0.180. The Balaban J connectivity index is 1.89. The third kappa shape index (κ3) is 1.93. The molecule has 0 atom stereocenters. The standard InChI is InChI=1S/C16H12FN3O/c17-16-18-7-10(8-19-16)9-4-5-13-12(6-9)11-2-1-3-14(21)15(11)20-13/h4-8,20H,1-3H2. The molecule has 5 heteroatoms. The summed E-state index contributed by atoms with van der Waals surface area (Å²) >= 11 is 0. The summed E-state index contributed by atoms with van der Waals surface area (Å²) in [6, 6.07) is 5.88. The normalized spacial score (nSPS) is 14.4. The van der Waals surface area contributed by atoms with Crippen LogP contribution in [0.2, 0.25) is 0 Å². The van der Waals surface area contributed by atoms with Gasteiger partial charge in [-0.05, 0) is 36.1 Å². The van der Waals surface area contributed by atoms with E-state index in [0.717, 1.165) is 46.1 Å². The van der Waals surface area contributed by atoms with Gasteiger partial charge >= 0.3 is 6.08 Å². The fraction of sp³-hybridized carbons (Fsp3) is 0.188. The van der Waals surface area contributed by atoms with Crippen LogP contribution in [0.25, 0.3) is 22.0 Å². The van der Waals surface area contributed by atoms with Crippen molar-refractivity contribution in [2.24, 2.45) is 0 Å². The number of H-pyrrole nitrogens is 1. The van der Waals surface area contributed by atoms with Gasteiger partial charge in [0.1, 0.15) is 0 Å². The molecule has 0 unspecified atom stereocenters. The smallest absolute Gasteiger partial charge is 0.308 e. The van der Waals surface area contributed by atoms with E-state index in [0.29, 0.717) is 6.42 Å². The third-order valence-electron chi connectivity index (χ3n) is 3.97. The van der Waals surface area contributed by atoms with Gasteiger partial charge in [0.2, 0.25) is 0 Å². The van der Waals surface area contributed by atoms with Crippen molar-refractivity contribution in [3.05, 3.63) is 47.9 Å². The number of carbonyl (C=O) groups is 1. The van der Waals surface area contributed by atoms with E-state index in [9.17, 15) is 9.18 Å². The predicted octanol–water partition coefficient (Wildman–Crippen LogP) is 3.28. The van der Waals surface area contributed by atoms with Crippen LogP contribution in [0.4, 0.5) is 4.39 Å². The molecule has 2 heterocycles. The van der Waals surface area contributed by atoms with Gasteiger partial charge in [-0.3, -0.25) is 4.79 Å². The van der Waals surface area contributed by atoms with Gasteiger partial charge in [-0.2, -0.15) is 4.39 Å². The molecule has 1 aromatic carbocycles. The zero-order valence-electron chi connectivity index (χ0n) is 11.2. The Morgan fingerprint density at radius 3 is 2.71 bits per heavy atom. The first-order chi connectivity index (χ1) is 10.2. The minimum Gasteiger partial charge on any atom is -0.352 e. The van der Waals surface area contributed by atoms with Crippen LogP contribution in [0, 0.1) is 6.08 Å². The number of halogens is 1. The maximum Gasteiger partial charge on any atom is 0.308 e. The number of carbonyl (C=O) groups excluding carboxylic acids is 1. The minimum atomic E-state index is -0.732. The number of Topliss-reactive ketones (excluding diaryl/α,β-unsaturated/α-hetero) is 1. The first kappa shape index (κ1) is 12.2. The van der Waals surface area contributed by atoms with Crippen LogP contribution in [0.15, 0.2) is 30.6 Å². The summed E-state index contributed by atoms with van der Waals surface area (Å²) < 4.78 is 12.8. The zero-order chi connectivity index (χ0) is 14.4. The molecule has 4 nitrogen and oxygen atoms in total. The van der Waals surface area contributed by atoms with Crippen molar-refractivity contribution < 1.29 is 9.18 Å². The van der Waals surface area contributed by atoms with Crippen molar-refractivity contribution in [1.29, 1.82) is 0 Å². The molecule has 104 valence electrons. The maximum atomic E-state index is 12.8. The second-order valence-corrected chi connectivity index (χ2v) is 5.26. The molecular formula is C16H12FN3O. The highest BCUT2D eigenvalue weighted by atomic mass is 19.1. The Bertz CT molecular complexity index is 852. The Hall–Kier alpha value is -2.56. The van der Waals surface area contributed by atoms with Gasteiger partial charge in [-0.1, -0.05) is 6.07 Å². The molecular weight excluding hydrogens is 269 g/mol. The molecule has 1 aliphatic rings. The third-order valence-corrected chi connectivity index (χ3v) is 3.97. The number of aromatic amines is 1. The molecule has 0 spiro atoms. The van der Waals surface area contributed by atoms with Gasteiger partial charge in [-0.25, -0.2) is 9.97 Å². The number of fused-ring (bicyclic) bond motifs is 3. The zero-order valence-corrected chi connectivity index (χ0v) is 11.2. The molecule has 2 aromatic heterocycles. The molecule has 1 N–H and O–H groups in total. The van der Waals surface area contributed by atoms with E-state index in [1.165, 1.54) is 12.4 Å². The van der Waals surface area contributed by atoms with Crippen LogP contribution < -0.4 is 0 Å². The Labute approximate surface area is 120 Å². The second kappa shape index (κ2) is 4.48. The second-order valence-electron chi connectivity index (χ2n) is 5.26. The van der Waals surface area contributed by atoms with Gasteiger partial charge in [-0.15, -0.1) is 0 Å². The number of benzene rings is 1. The highest BCUT2D eigenvalue weighted by molar-refractivity contribution is 6.04. The Morgan fingerprint density at radius 1 is 1.10 bits per heavy atom. The monoisotopic (exact) mass is 281 g/mol. The van der Waals surface area contributed by atoms with Crippen molar-refractivity contribution in [1.82, 2.24) is 15.0 Å². The van der Waals surface area contributed by atoms with Crippen molar-refractivity contribution in [2.75, 3.05) is 0 Å². The lowest BCUT2D eigenvalue weighted by molar-refractivity contribution is 0.0968. The average Bonchev–Trinajstić information content (AvgIpc) is 2.87. The van der Waals surface area contributed by atoms with Gasteiger partial charge < -0.3 is 4.98 Å². The largest absolute Gasteiger partial charge is 0.352 e. The highest BCUT2D eigenvalue weighted by Crippen LogP contribution is 2.32. The molecule has 0 saturated carbocycles. The SMILES string of the molecule is O=C1CCCc2c1[nH]c1ccc(-c3cnc(F)nc3)cc21. The van der Waals surface area contributed by atoms with Crippen molar-refractivity contribution in [3.63, 3.8) is 0 Å². The molecule has 4 rings (SSSR count). The number of ketones is 1. The van der Waals surface area contributed by atoms with Crippen molar-refractivity contribution in [2.45, 2.75) is 19.3 Å². The van der Waals surface area contributed by atoms with Crippen LogP contribution in [-0.4, -0.2) is 20.7 Å². The van der Waals surface area contributed by atoms with Crippen LogP contribution in [0.5, 0.6) is 0 Å². The predicted molar refractivity (Wildman–Crippen MR) is 76.6 cm³/mol. The van der Waals surface area contributed by atoms with E-state index in [-0.39, 0.29) is 5.78 Å². The molecule has 0 fully saturated rings. The highest BCUT2D eigenvalue weighted by Gasteiger charge is 2.21. The molecule has 0 aliphatic heterocycles.